The molecule has 0 radical (unpaired) electrons. The number of rotatable bonds is 2. The quantitative estimate of drug-likeness (QED) is 0.827. The standard InChI is InChI=1S/C10H15ClN4O/c1-7(12)9-6-15(2-3-16-9)10-13-4-8(11)5-14-10/h4-5,7,9H,2-3,6,12H2,1H3. The van der Waals surface area contributed by atoms with Crippen molar-refractivity contribution in [2.75, 3.05) is 24.6 Å². The molecule has 2 unspecified atom stereocenters. The van der Waals surface area contributed by atoms with Crippen LogP contribution in [0, 0.1) is 0 Å². The molecule has 2 heterocycles. The predicted octanol–water partition coefficient (Wildman–Crippen LogP) is 0.682. The van der Waals surface area contributed by atoms with Crippen molar-refractivity contribution in [2.45, 2.75) is 19.1 Å². The summed E-state index contributed by atoms with van der Waals surface area (Å²) in [5, 5.41) is 0.542. The maximum Gasteiger partial charge on any atom is 0.225 e. The normalized spacial score (nSPS) is 23.2. The molecule has 1 aliphatic heterocycles. The molecule has 0 aromatic carbocycles. The van der Waals surface area contributed by atoms with E-state index in [1.165, 1.54) is 0 Å². The Kier molecular flexibility index (Phi) is 3.58. The van der Waals surface area contributed by atoms with Gasteiger partial charge in [-0.25, -0.2) is 9.97 Å². The molecule has 2 atom stereocenters. The molecule has 0 spiro atoms. The fourth-order valence-corrected chi connectivity index (χ4v) is 1.74. The van der Waals surface area contributed by atoms with E-state index in [0.29, 0.717) is 17.6 Å². The largest absolute Gasteiger partial charge is 0.373 e. The van der Waals surface area contributed by atoms with Crippen LogP contribution in [-0.4, -0.2) is 41.8 Å². The van der Waals surface area contributed by atoms with E-state index in [-0.39, 0.29) is 12.1 Å². The second-order valence-corrected chi connectivity index (χ2v) is 4.35. The van der Waals surface area contributed by atoms with Crippen LogP contribution in [0.5, 0.6) is 0 Å². The van der Waals surface area contributed by atoms with Gasteiger partial charge in [0.05, 0.1) is 30.1 Å². The van der Waals surface area contributed by atoms with Gasteiger partial charge in [0.2, 0.25) is 5.95 Å². The lowest BCUT2D eigenvalue weighted by Crippen LogP contribution is -2.50. The molecule has 88 valence electrons. The van der Waals surface area contributed by atoms with Gasteiger partial charge in [0.25, 0.3) is 0 Å². The highest BCUT2D eigenvalue weighted by molar-refractivity contribution is 6.30. The first-order chi connectivity index (χ1) is 7.66. The minimum Gasteiger partial charge on any atom is -0.373 e. The summed E-state index contributed by atoms with van der Waals surface area (Å²) in [5.41, 5.74) is 5.82. The van der Waals surface area contributed by atoms with Crippen molar-refractivity contribution in [3.8, 4) is 0 Å². The van der Waals surface area contributed by atoms with Gasteiger partial charge in [-0.05, 0) is 6.92 Å². The van der Waals surface area contributed by atoms with E-state index < -0.39 is 0 Å². The minimum atomic E-state index is 0.00935. The second kappa shape index (κ2) is 4.95. The molecular weight excluding hydrogens is 228 g/mol. The van der Waals surface area contributed by atoms with Crippen molar-refractivity contribution in [2.24, 2.45) is 5.73 Å². The molecule has 2 rings (SSSR count). The average Bonchev–Trinajstić information content (AvgIpc) is 2.30. The Hall–Kier alpha value is -0.910. The van der Waals surface area contributed by atoms with E-state index in [4.69, 9.17) is 22.1 Å². The summed E-state index contributed by atoms with van der Waals surface area (Å²) in [5.74, 6) is 0.679. The molecule has 1 fully saturated rings. The summed E-state index contributed by atoms with van der Waals surface area (Å²) in [4.78, 5) is 10.4. The van der Waals surface area contributed by atoms with Gasteiger partial charge in [0, 0.05) is 19.1 Å². The number of nitrogens with zero attached hydrogens (tertiary/aromatic N) is 3. The van der Waals surface area contributed by atoms with Crippen LogP contribution in [0.4, 0.5) is 5.95 Å². The molecule has 1 aromatic heterocycles. The minimum absolute atomic E-state index is 0.00935. The van der Waals surface area contributed by atoms with Crippen molar-refractivity contribution < 1.29 is 4.74 Å². The van der Waals surface area contributed by atoms with Gasteiger partial charge in [-0.1, -0.05) is 11.6 Å². The Morgan fingerprint density at radius 2 is 2.25 bits per heavy atom. The molecule has 5 nitrogen and oxygen atoms in total. The number of hydrogen-bond donors (Lipinski definition) is 1. The number of morpholine rings is 1. The summed E-state index contributed by atoms with van der Waals surface area (Å²) in [7, 11) is 0. The fourth-order valence-electron chi connectivity index (χ4n) is 1.64. The van der Waals surface area contributed by atoms with Crippen LogP contribution in [0.2, 0.25) is 5.02 Å². The zero-order valence-corrected chi connectivity index (χ0v) is 9.89. The molecule has 2 N–H and O–H groups in total. The number of aromatic nitrogens is 2. The molecule has 6 heteroatoms. The third kappa shape index (κ3) is 2.61. The molecule has 1 aromatic rings. The van der Waals surface area contributed by atoms with Gasteiger partial charge >= 0.3 is 0 Å². The Morgan fingerprint density at radius 3 is 2.88 bits per heavy atom. The van der Waals surface area contributed by atoms with Crippen molar-refractivity contribution in [1.82, 2.24) is 9.97 Å². The molecular formula is C10H15ClN4O. The van der Waals surface area contributed by atoms with Crippen molar-refractivity contribution >= 4 is 17.5 Å². The number of ether oxygens (including phenoxy) is 1. The third-order valence-electron chi connectivity index (χ3n) is 2.57. The van der Waals surface area contributed by atoms with E-state index in [1.807, 2.05) is 6.92 Å². The second-order valence-electron chi connectivity index (χ2n) is 3.92. The van der Waals surface area contributed by atoms with Crippen LogP contribution >= 0.6 is 11.6 Å². The average molecular weight is 243 g/mol. The molecule has 1 saturated heterocycles. The maximum absolute atomic E-state index is 5.82. The first-order valence-electron chi connectivity index (χ1n) is 5.26. The van der Waals surface area contributed by atoms with E-state index in [9.17, 15) is 0 Å². The van der Waals surface area contributed by atoms with Crippen LogP contribution in [0.15, 0.2) is 12.4 Å². The lowest BCUT2D eigenvalue weighted by molar-refractivity contribution is 0.0271. The summed E-state index contributed by atoms with van der Waals surface area (Å²) >= 11 is 5.74. The van der Waals surface area contributed by atoms with Crippen LogP contribution in [0.3, 0.4) is 0 Å². The van der Waals surface area contributed by atoms with Gasteiger partial charge in [-0.3, -0.25) is 0 Å². The smallest absolute Gasteiger partial charge is 0.225 e. The number of anilines is 1. The number of hydrogen-bond acceptors (Lipinski definition) is 5. The Balaban J connectivity index is 2.06. The fraction of sp³-hybridized carbons (Fsp3) is 0.600. The first kappa shape index (κ1) is 11.6. The molecule has 1 aliphatic rings. The topological polar surface area (TPSA) is 64.3 Å². The summed E-state index contributed by atoms with van der Waals surface area (Å²) in [6.45, 7) is 4.10. The Bertz CT molecular complexity index is 343. The van der Waals surface area contributed by atoms with Crippen molar-refractivity contribution in [3.05, 3.63) is 17.4 Å². The SMILES string of the molecule is CC(N)C1CN(c2ncc(Cl)cn2)CCO1. The van der Waals surface area contributed by atoms with E-state index in [2.05, 4.69) is 14.9 Å². The van der Waals surface area contributed by atoms with Crippen molar-refractivity contribution in [3.63, 3.8) is 0 Å². The van der Waals surface area contributed by atoms with Crippen LogP contribution in [0.25, 0.3) is 0 Å². The van der Waals surface area contributed by atoms with Crippen LogP contribution in [0.1, 0.15) is 6.92 Å². The lowest BCUT2D eigenvalue weighted by Gasteiger charge is -2.34. The predicted molar refractivity (Wildman–Crippen MR) is 62.6 cm³/mol. The molecule has 0 bridgehead atoms. The highest BCUT2D eigenvalue weighted by atomic mass is 35.5. The molecule has 0 saturated carbocycles. The highest BCUT2D eigenvalue weighted by Crippen LogP contribution is 2.15. The molecule has 0 amide bonds. The summed E-state index contributed by atoms with van der Waals surface area (Å²) in [6, 6.07) is 0.00935. The van der Waals surface area contributed by atoms with Gasteiger partial charge in [-0.15, -0.1) is 0 Å². The number of halogens is 1. The monoisotopic (exact) mass is 242 g/mol. The zero-order valence-electron chi connectivity index (χ0n) is 9.14. The third-order valence-corrected chi connectivity index (χ3v) is 2.76. The Labute approximate surface area is 99.6 Å². The van der Waals surface area contributed by atoms with E-state index in [0.717, 1.165) is 13.1 Å². The highest BCUT2D eigenvalue weighted by Gasteiger charge is 2.24. The Morgan fingerprint density at radius 1 is 1.56 bits per heavy atom. The van der Waals surface area contributed by atoms with Crippen LogP contribution in [-0.2, 0) is 4.74 Å². The van der Waals surface area contributed by atoms with Gasteiger partial charge in [-0.2, -0.15) is 0 Å². The van der Waals surface area contributed by atoms with Gasteiger partial charge in [0.15, 0.2) is 0 Å². The first-order valence-corrected chi connectivity index (χ1v) is 5.64. The van der Waals surface area contributed by atoms with Gasteiger partial charge < -0.3 is 15.4 Å². The summed E-state index contributed by atoms with van der Waals surface area (Å²) in [6.07, 6.45) is 3.23. The maximum atomic E-state index is 5.82. The molecule has 0 aliphatic carbocycles. The molecule has 16 heavy (non-hydrogen) atoms. The number of nitrogens with two attached hydrogens (primary N) is 1. The van der Waals surface area contributed by atoms with E-state index in [1.54, 1.807) is 12.4 Å². The lowest BCUT2D eigenvalue weighted by atomic mass is 10.1. The van der Waals surface area contributed by atoms with Crippen LogP contribution < -0.4 is 10.6 Å². The summed E-state index contributed by atoms with van der Waals surface area (Å²) < 4.78 is 5.57. The van der Waals surface area contributed by atoms with E-state index >= 15 is 0 Å². The van der Waals surface area contributed by atoms with Crippen molar-refractivity contribution in [1.29, 1.82) is 0 Å². The van der Waals surface area contributed by atoms with Gasteiger partial charge in [0.1, 0.15) is 0 Å². The zero-order chi connectivity index (χ0) is 11.5.